The molecule has 6 heteroatoms. The van der Waals surface area contributed by atoms with E-state index in [0.29, 0.717) is 43.1 Å². The zero-order valence-electron chi connectivity index (χ0n) is 26.6. The van der Waals surface area contributed by atoms with Gasteiger partial charge in [-0.3, -0.25) is 4.79 Å². The van der Waals surface area contributed by atoms with Crippen LogP contribution in [0.4, 0.5) is 4.39 Å². The number of halogens is 1. The number of rotatable bonds is 15. The van der Waals surface area contributed by atoms with Crippen LogP contribution < -0.4 is 9.47 Å². The minimum Gasteiger partial charge on any atom is -0.489 e. The maximum atomic E-state index is 13.7. The zero-order valence-corrected chi connectivity index (χ0v) is 27.6. The molecule has 0 aromatic heterocycles. The lowest BCUT2D eigenvalue weighted by Gasteiger charge is -2.39. The Labute approximate surface area is 263 Å². The Balaban J connectivity index is 1.42. The molecule has 0 heterocycles. The molecule has 0 aliphatic carbocycles. The number of carbonyl (C=O) groups excluding carboxylic acids is 1. The van der Waals surface area contributed by atoms with Gasteiger partial charge < -0.3 is 13.9 Å². The molecule has 4 aromatic rings. The molecule has 0 aliphatic rings. The van der Waals surface area contributed by atoms with E-state index in [9.17, 15) is 9.18 Å². The summed E-state index contributed by atoms with van der Waals surface area (Å²) in [6, 6.07) is 32.0. The standard InChI is InChI=1S/C38H45FO4Si/c1-38(2,3)44(4,5)43-36(31-20-22-32(39)23-21-31)19-13-12-18-35(40)34-25-24-33(41-27-29-14-8-6-9-15-29)26-37(34)42-28-30-16-10-7-11-17-30/h6-11,14-17,20-26,36H,12-13,18-19,27-28H2,1-5H3/t36-/m0/s1. The number of hydrogen-bond donors (Lipinski definition) is 0. The lowest BCUT2D eigenvalue weighted by atomic mass is 10.00. The molecule has 4 rings (SSSR count). The Kier molecular flexibility index (Phi) is 11.5. The summed E-state index contributed by atoms with van der Waals surface area (Å²) in [5.74, 6) is 0.951. The zero-order chi connectivity index (χ0) is 31.6. The third-order valence-corrected chi connectivity index (χ3v) is 12.8. The van der Waals surface area contributed by atoms with Gasteiger partial charge in [0.2, 0.25) is 0 Å². The number of benzene rings is 4. The average molecular weight is 613 g/mol. The van der Waals surface area contributed by atoms with Gasteiger partial charge in [-0.2, -0.15) is 0 Å². The largest absolute Gasteiger partial charge is 0.489 e. The molecule has 0 N–H and O–H groups in total. The summed E-state index contributed by atoms with van der Waals surface area (Å²) < 4.78 is 32.7. The van der Waals surface area contributed by atoms with Crippen LogP contribution in [0.5, 0.6) is 11.5 Å². The Morgan fingerprint density at radius 1 is 0.773 bits per heavy atom. The van der Waals surface area contributed by atoms with E-state index in [1.165, 1.54) is 12.1 Å². The van der Waals surface area contributed by atoms with E-state index >= 15 is 0 Å². The highest BCUT2D eigenvalue weighted by atomic mass is 28.4. The lowest BCUT2D eigenvalue weighted by molar-refractivity contribution is 0.0971. The molecule has 0 saturated carbocycles. The Bertz CT molecular complexity index is 1460. The highest BCUT2D eigenvalue weighted by molar-refractivity contribution is 6.74. The molecule has 0 bridgehead atoms. The molecule has 1 atom stereocenters. The van der Waals surface area contributed by atoms with Crippen molar-refractivity contribution in [2.75, 3.05) is 0 Å². The predicted molar refractivity (Wildman–Crippen MR) is 178 cm³/mol. The smallest absolute Gasteiger partial charge is 0.192 e. The van der Waals surface area contributed by atoms with Crippen molar-refractivity contribution >= 4 is 14.1 Å². The highest BCUT2D eigenvalue weighted by Gasteiger charge is 2.39. The van der Waals surface area contributed by atoms with Crippen LogP contribution in [0.25, 0.3) is 0 Å². The Morgan fingerprint density at radius 2 is 1.36 bits per heavy atom. The van der Waals surface area contributed by atoms with E-state index in [4.69, 9.17) is 13.9 Å². The molecule has 0 fully saturated rings. The van der Waals surface area contributed by atoms with E-state index in [0.717, 1.165) is 29.5 Å². The van der Waals surface area contributed by atoms with Gasteiger partial charge >= 0.3 is 0 Å². The van der Waals surface area contributed by atoms with Crippen molar-refractivity contribution < 1.29 is 23.1 Å². The van der Waals surface area contributed by atoms with E-state index in [2.05, 4.69) is 33.9 Å². The quantitative estimate of drug-likeness (QED) is 0.0761. The van der Waals surface area contributed by atoms with Crippen LogP contribution in [0.3, 0.4) is 0 Å². The maximum Gasteiger partial charge on any atom is 0.192 e. The molecule has 0 saturated heterocycles. The van der Waals surface area contributed by atoms with Crippen molar-refractivity contribution in [3.05, 3.63) is 131 Å². The number of hydrogen-bond acceptors (Lipinski definition) is 4. The van der Waals surface area contributed by atoms with Gasteiger partial charge in [0.05, 0.1) is 11.7 Å². The Morgan fingerprint density at radius 3 is 1.95 bits per heavy atom. The third kappa shape index (κ3) is 9.63. The number of unbranched alkanes of at least 4 members (excludes halogenated alkanes) is 1. The minimum absolute atomic E-state index is 0.0336. The second-order valence-electron chi connectivity index (χ2n) is 12.8. The van der Waals surface area contributed by atoms with Crippen LogP contribution in [0.1, 0.15) is 79.6 Å². The fourth-order valence-corrected chi connectivity index (χ4v) is 5.99. The molecule has 0 spiro atoms. The van der Waals surface area contributed by atoms with Crippen LogP contribution >= 0.6 is 0 Å². The van der Waals surface area contributed by atoms with Crippen molar-refractivity contribution in [2.24, 2.45) is 0 Å². The van der Waals surface area contributed by atoms with Crippen LogP contribution in [-0.2, 0) is 17.6 Å². The van der Waals surface area contributed by atoms with Gasteiger partial charge in [-0.15, -0.1) is 0 Å². The molecule has 4 aromatic carbocycles. The molecule has 0 unspecified atom stereocenters. The summed E-state index contributed by atoms with van der Waals surface area (Å²) in [6.07, 6.45) is 2.53. The van der Waals surface area contributed by atoms with Gasteiger partial charge in [0.15, 0.2) is 14.1 Å². The van der Waals surface area contributed by atoms with Gasteiger partial charge in [-0.1, -0.05) is 100.0 Å². The second kappa shape index (κ2) is 15.3. The average Bonchev–Trinajstić information content (AvgIpc) is 3.01. The first-order valence-electron chi connectivity index (χ1n) is 15.5. The summed E-state index contributed by atoms with van der Waals surface area (Å²) in [5.41, 5.74) is 3.62. The fourth-order valence-electron chi connectivity index (χ4n) is 4.67. The summed E-state index contributed by atoms with van der Waals surface area (Å²) in [4.78, 5) is 13.5. The van der Waals surface area contributed by atoms with Crippen LogP contribution in [-0.4, -0.2) is 14.1 Å². The van der Waals surface area contributed by atoms with E-state index in [1.54, 1.807) is 0 Å². The minimum atomic E-state index is -2.07. The van der Waals surface area contributed by atoms with Crippen molar-refractivity contribution in [2.45, 2.75) is 83.9 Å². The van der Waals surface area contributed by atoms with Gasteiger partial charge in [-0.25, -0.2) is 4.39 Å². The lowest BCUT2D eigenvalue weighted by Crippen LogP contribution is -2.41. The maximum absolute atomic E-state index is 13.7. The van der Waals surface area contributed by atoms with Crippen molar-refractivity contribution in [3.8, 4) is 11.5 Å². The molecule has 0 aliphatic heterocycles. The van der Waals surface area contributed by atoms with Gasteiger partial charge in [-0.05, 0) is 71.9 Å². The second-order valence-corrected chi connectivity index (χ2v) is 17.6. The first-order valence-corrected chi connectivity index (χ1v) is 18.4. The topological polar surface area (TPSA) is 44.8 Å². The normalized spacial score (nSPS) is 12.5. The van der Waals surface area contributed by atoms with Crippen LogP contribution in [0, 0.1) is 5.82 Å². The highest BCUT2D eigenvalue weighted by Crippen LogP contribution is 2.41. The first kappa shape index (κ1) is 33.2. The number of ether oxygens (including phenoxy) is 2. The molecule has 44 heavy (non-hydrogen) atoms. The summed E-state index contributed by atoms with van der Waals surface area (Å²) in [7, 11) is -2.07. The monoisotopic (exact) mass is 612 g/mol. The van der Waals surface area contributed by atoms with Gasteiger partial charge in [0.25, 0.3) is 0 Å². The fraction of sp³-hybridized carbons (Fsp3) is 0.342. The number of ketones is 1. The van der Waals surface area contributed by atoms with Crippen LogP contribution in [0.15, 0.2) is 103 Å². The Hall–Kier alpha value is -3.74. The first-order chi connectivity index (χ1) is 21.0. The van der Waals surface area contributed by atoms with Crippen molar-refractivity contribution in [3.63, 3.8) is 0 Å². The summed E-state index contributed by atoms with van der Waals surface area (Å²) in [5, 5.41) is 0.0500. The molecule has 4 nitrogen and oxygen atoms in total. The summed E-state index contributed by atoms with van der Waals surface area (Å²) in [6.45, 7) is 11.9. The van der Waals surface area contributed by atoms with E-state index in [1.807, 2.05) is 91.0 Å². The van der Waals surface area contributed by atoms with Crippen molar-refractivity contribution in [1.29, 1.82) is 0 Å². The van der Waals surface area contributed by atoms with Crippen LogP contribution in [0.2, 0.25) is 18.1 Å². The summed E-state index contributed by atoms with van der Waals surface area (Å²) >= 11 is 0. The molecular weight excluding hydrogens is 567 g/mol. The molecular formula is C38H45FO4Si. The molecule has 0 radical (unpaired) electrons. The van der Waals surface area contributed by atoms with E-state index < -0.39 is 8.32 Å². The number of Topliss-reactive ketones (excluding diaryl/α,β-unsaturated/α-hetero) is 1. The van der Waals surface area contributed by atoms with Crippen molar-refractivity contribution in [1.82, 2.24) is 0 Å². The predicted octanol–water partition coefficient (Wildman–Crippen LogP) is 10.5. The molecule has 232 valence electrons. The third-order valence-electron chi connectivity index (χ3n) is 8.34. The SMILES string of the molecule is CC(C)(C)[Si](C)(C)O[C@@H](CCCCC(=O)c1ccc(OCc2ccccc2)cc1OCc1ccccc1)c1ccc(F)cc1. The van der Waals surface area contributed by atoms with Gasteiger partial charge in [0.1, 0.15) is 30.5 Å². The molecule has 0 amide bonds. The van der Waals surface area contributed by atoms with Gasteiger partial charge in [0, 0.05) is 12.5 Å². The number of carbonyl (C=O) groups is 1. The van der Waals surface area contributed by atoms with E-state index in [-0.39, 0.29) is 22.7 Å².